The minimum Gasteiger partial charge on any atom is -0.485 e. The first-order chi connectivity index (χ1) is 17.3. The lowest BCUT2D eigenvalue weighted by atomic mass is 10.1. The molecule has 36 heavy (non-hydrogen) atoms. The predicted molar refractivity (Wildman–Crippen MR) is 128 cm³/mol. The molecule has 3 aromatic rings. The van der Waals surface area contributed by atoms with Crippen LogP contribution in [0.5, 0.6) is 11.5 Å². The number of rotatable bonds is 9. The molecule has 7 nitrogen and oxygen atoms in total. The highest BCUT2D eigenvalue weighted by Crippen LogP contribution is 2.34. The third-order valence-electron chi connectivity index (χ3n) is 5.74. The summed E-state index contributed by atoms with van der Waals surface area (Å²) in [6.07, 6.45) is 0.642. The Bertz CT molecular complexity index is 1280. The van der Waals surface area contributed by atoms with Crippen LogP contribution in [0.1, 0.15) is 22.8 Å². The van der Waals surface area contributed by atoms with Crippen molar-refractivity contribution in [1.82, 2.24) is 5.32 Å². The van der Waals surface area contributed by atoms with E-state index in [0.29, 0.717) is 18.7 Å². The van der Waals surface area contributed by atoms with Gasteiger partial charge in [-0.1, -0.05) is 30.3 Å². The van der Waals surface area contributed by atoms with Crippen LogP contribution in [0.3, 0.4) is 0 Å². The van der Waals surface area contributed by atoms with Gasteiger partial charge in [0.2, 0.25) is 5.91 Å². The summed E-state index contributed by atoms with van der Waals surface area (Å²) >= 11 is 0. The number of amides is 2. The first kappa shape index (κ1) is 24.8. The van der Waals surface area contributed by atoms with Crippen molar-refractivity contribution < 1.29 is 32.6 Å². The molecule has 0 fully saturated rings. The fraction of sp³-hybridized carbons (Fsp3) is 0.222. The third kappa shape index (κ3) is 5.68. The van der Waals surface area contributed by atoms with Gasteiger partial charge in [0.25, 0.3) is 5.91 Å². The lowest BCUT2D eigenvalue weighted by Crippen LogP contribution is -2.51. The van der Waals surface area contributed by atoms with Crippen molar-refractivity contribution in [2.24, 2.45) is 0 Å². The fourth-order valence-corrected chi connectivity index (χ4v) is 3.81. The fourth-order valence-electron chi connectivity index (χ4n) is 3.81. The van der Waals surface area contributed by atoms with Crippen LogP contribution in [0.25, 0.3) is 0 Å². The molecular weight excluding hydrogens is 470 g/mol. The Hall–Kier alpha value is -4.27. The van der Waals surface area contributed by atoms with Gasteiger partial charge in [-0.3, -0.25) is 19.3 Å². The smallest absolute Gasteiger partial charge is 0.265 e. The number of anilines is 1. The Labute approximate surface area is 206 Å². The highest BCUT2D eigenvalue weighted by molar-refractivity contribution is 6.05. The number of halogens is 2. The molecule has 1 N–H and O–H groups in total. The predicted octanol–water partition coefficient (Wildman–Crippen LogP) is 3.70. The van der Waals surface area contributed by atoms with Gasteiger partial charge in [-0.15, -0.1) is 0 Å². The molecule has 1 aliphatic rings. The SMILES string of the molecule is C[C@@H](C(=O)NCCc1ccccc1)N1C(=O)COc2ccc(C(=O)COc3ccc(F)c(F)c3)cc21. The molecule has 9 heteroatoms. The van der Waals surface area contributed by atoms with Crippen molar-refractivity contribution in [2.75, 3.05) is 24.7 Å². The van der Waals surface area contributed by atoms with Crippen LogP contribution in [0, 0.1) is 11.6 Å². The van der Waals surface area contributed by atoms with Crippen molar-refractivity contribution in [3.05, 3.63) is 89.5 Å². The van der Waals surface area contributed by atoms with E-state index in [4.69, 9.17) is 9.47 Å². The number of nitrogens with one attached hydrogen (secondary N) is 1. The molecule has 2 amide bonds. The van der Waals surface area contributed by atoms with E-state index in [1.165, 1.54) is 23.1 Å². The van der Waals surface area contributed by atoms with Gasteiger partial charge >= 0.3 is 0 Å². The Morgan fingerprint density at radius 1 is 1.06 bits per heavy atom. The lowest BCUT2D eigenvalue weighted by Gasteiger charge is -2.33. The highest BCUT2D eigenvalue weighted by atomic mass is 19.2. The Morgan fingerprint density at radius 3 is 2.58 bits per heavy atom. The van der Waals surface area contributed by atoms with Crippen molar-refractivity contribution in [1.29, 1.82) is 0 Å². The first-order valence-electron chi connectivity index (χ1n) is 11.3. The van der Waals surface area contributed by atoms with Gasteiger partial charge in [0.05, 0.1) is 5.69 Å². The lowest BCUT2D eigenvalue weighted by molar-refractivity contribution is -0.127. The molecule has 0 bridgehead atoms. The van der Waals surface area contributed by atoms with Crippen LogP contribution >= 0.6 is 0 Å². The molecule has 4 rings (SSSR count). The zero-order valence-electron chi connectivity index (χ0n) is 19.5. The number of hydrogen-bond acceptors (Lipinski definition) is 5. The van der Waals surface area contributed by atoms with Crippen LogP contribution in [0.4, 0.5) is 14.5 Å². The van der Waals surface area contributed by atoms with Gasteiger partial charge in [-0.25, -0.2) is 8.78 Å². The van der Waals surface area contributed by atoms with Crippen molar-refractivity contribution in [3.63, 3.8) is 0 Å². The topological polar surface area (TPSA) is 84.9 Å². The molecule has 0 aromatic heterocycles. The van der Waals surface area contributed by atoms with Crippen LogP contribution < -0.4 is 19.7 Å². The summed E-state index contributed by atoms with van der Waals surface area (Å²) in [5, 5.41) is 2.85. The van der Waals surface area contributed by atoms with Crippen LogP contribution in [0.2, 0.25) is 0 Å². The molecule has 186 valence electrons. The zero-order valence-corrected chi connectivity index (χ0v) is 19.5. The van der Waals surface area contributed by atoms with Crippen LogP contribution in [0.15, 0.2) is 66.7 Å². The molecule has 3 aromatic carbocycles. The molecule has 1 atom stereocenters. The van der Waals surface area contributed by atoms with Crippen LogP contribution in [-0.2, 0) is 16.0 Å². The summed E-state index contributed by atoms with van der Waals surface area (Å²) in [7, 11) is 0. The second kappa shape index (κ2) is 11.0. The number of fused-ring (bicyclic) bond motifs is 1. The normalized spacial score (nSPS) is 13.4. The maximum Gasteiger partial charge on any atom is 0.265 e. The summed E-state index contributed by atoms with van der Waals surface area (Å²) in [6.45, 7) is 1.33. The summed E-state index contributed by atoms with van der Waals surface area (Å²) in [5.74, 6) is -2.97. The number of hydrogen-bond donors (Lipinski definition) is 1. The number of ketones is 1. The number of carbonyl (C=O) groups is 3. The van der Waals surface area contributed by atoms with Crippen LogP contribution in [-0.4, -0.2) is 43.4 Å². The van der Waals surface area contributed by atoms with E-state index in [1.807, 2.05) is 30.3 Å². The maximum atomic E-state index is 13.4. The van der Waals surface area contributed by atoms with Crippen molar-refractivity contribution >= 4 is 23.3 Å². The molecular formula is C27H24F2N2O5. The number of carbonyl (C=O) groups excluding carboxylic acids is 3. The largest absolute Gasteiger partial charge is 0.485 e. The Balaban J connectivity index is 1.44. The summed E-state index contributed by atoms with van der Waals surface area (Å²) in [5.41, 5.74) is 1.57. The minimum atomic E-state index is -1.09. The third-order valence-corrected chi connectivity index (χ3v) is 5.74. The molecule has 1 heterocycles. The van der Waals surface area contributed by atoms with E-state index >= 15 is 0 Å². The number of ether oxygens (including phenoxy) is 2. The molecule has 0 saturated carbocycles. The average Bonchev–Trinajstić information content (AvgIpc) is 2.89. The van der Waals surface area contributed by atoms with E-state index < -0.39 is 36.0 Å². The maximum absolute atomic E-state index is 13.4. The minimum absolute atomic E-state index is 0.00106. The zero-order chi connectivity index (χ0) is 25.7. The number of benzene rings is 3. The second-order valence-electron chi connectivity index (χ2n) is 8.23. The van der Waals surface area contributed by atoms with Crippen molar-refractivity contribution in [2.45, 2.75) is 19.4 Å². The summed E-state index contributed by atoms with van der Waals surface area (Å²) < 4.78 is 37.2. The quantitative estimate of drug-likeness (QED) is 0.459. The van der Waals surface area contributed by atoms with E-state index in [0.717, 1.165) is 17.7 Å². The molecule has 1 aliphatic heterocycles. The van der Waals surface area contributed by atoms with E-state index in [-0.39, 0.29) is 29.5 Å². The second-order valence-corrected chi connectivity index (χ2v) is 8.23. The van der Waals surface area contributed by atoms with E-state index in [1.54, 1.807) is 13.0 Å². The van der Waals surface area contributed by atoms with E-state index in [9.17, 15) is 23.2 Å². The Morgan fingerprint density at radius 2 is 1.83 bits per heavy atom. The van der Waals surface area contributed by atoms with Gasteiger partial charge < -0.3 is 14.8 Å². The summed E-state index contributed by atoms with van der Waals surface area (Å²) in [6, 6.07) is 16.3. The van der Waals surface area contributed by atoms with Gasteiger partial charge in [-0.2, -0.15) is 0 Å². The monoisotopic (exact) mass is 494 g/mol. The highest BCUT2D eigenvalue weighted by Gasteiger charge is 2.33. The summed E-state index contributed by atoms with van der Waals surface area (Å²) in [4.78, 5) is 39.5. The molecule has 0 aliphatic carbocycles. The number of nitrogens with zero attached hydrogens (tertiary/aromatic N) is 1. The molecule has 0 saturated heterocycles. The van der Waals surface area contributed by atoms with E-state index in [2.05, 4.69) is 5.32 Å². The standard InChI is InChI=1S/C27H24F2N2O5/c1-17(27(34)30-12-11-18-5-3-2-4-6-18)31-23-13-19(7-10-25(23)36-16-26(31)33)24(32)15-35-20-8-9-21(28)22(29)14-20/h2-10,13-14,17H,11-12,15-16H2,1H3,(H,30,34)/t17-/m0/s1. The van der Waals surface area contributed by atoms with Crippen molar-refractivity contribution in [3.8, 4) is 11.5 Å². The number of Topliss-reactive ketones (excluding diaryl/α,β-unsaturated/α-hetero) is 1. The molecule has 0 unspecified atom stereocenters. The van der Waals surface area contributed by atoms with Gasteiger partial charge in [0.1, 0.15) is 17.5 Å². The van der Waals surface area contributed by atoms with Gasteiger partial charge in [0.15, 0.2) is 30.6 Å². The average molecular weight is 494 g/mol. The van der Waals surface area contributed by atoms with Gasteiger partial charge in [-0.05, 0) is 49.2 Å². The molecule has 0 radical (unpaired) electrons. The first-order valence-corrected chi connectivity index (χ1v) is 11.3. The Kier molecular flexibility index (Phi) is 7.58. The molecule has 0 spiro atoms. The van der Waals surface area contributed by atoms with Gasteiger partial charge in [0, 0.05) is 18.2 Å².